The number of fused-ring (bicyclic) bond motifs is 1. The molecule has 2 nitrogen and oxygen atoms in total. The molecule has 2 heteroatoms. The zero-order valence-corrected chi connectivity index (χ0v) is 16.2. The van der Waals surface area contributed by atoms with Gasteiger partial charge in [-0.05, 0) is 18.1 Å². The minimum absolute atomic E-state index is 0.726. The Bertz CT molecular complexity index is 1090. The lowest BCUT2D eigenvalue weighted by atomic mass is 9.79. The Labute approximate surface area is 171 Å². The van der Waals surface area contributed by atoms with E-state index >= 15 is 0 Å². The average molecular weight is 378 g/mol. The summed E-state index contributed by atoms with van der Waals surface area (Å²) in [4.78, 5) is 0. The summed E-state index contributed by atoms with van der Waals surface area (Å²) in [7, 11) is 0. The lowest BCUT2D eigenvalue weighted by Gasteiger charge is -2.34. The third kappa shape index (κ3) is 2.65. The minimum Gasteiger partial charge on any atom is -0.358 e. The Kier molecular flexibility index (Phi) is 4.13. The van der Waals surface area contributed by atoms with Gasteiger partial charge in [-0.1, -0.05) is 115 Å². The van der Waals surface area contributed by atoms with E-state index < -0.39 is 11.4 Å². The van der Waals surface area contributed by atoms with Gasteiger partial charge >= 0.3 is 0 Å². The van der Waals surface area contributed by atoms with Crippen molar-refractivity contribution >= 4 is 0 Å². The quantitative estimate of drug-likeness (QED) is 0.509. The van der Waals surface area contributed by atoms with Crippen molar-refractivity contribution in [2.45, 2.75) is 18.3 Å². The molecule has 0 aromatic heterocycles. The third-order valence-electron chi connectivity index (χ3n) is 5.78. The van der Waals surface area contributed by atoms with E-state index in [-0.39, 0.29) is 0 Å². The monoisotopic (exact) mass is 378 g/mol. The highest BCUT2D eigenvalue weighted by Crippen LogP contribution is 2.55. The highest BCUT2D eigenvalue weighted by atomic mass is 16.6. The van der Waals surface area contributed by atoms with Crippen LogP contribution in [0.5, 0.6) is 0 Å². The van der Waals surface area contributed by atoms with E-state index in [2.05, 4.69) is 30.3 Å². The van der Waals surface area contributed by atoms with Crippen LogP contribution in [0.15, 0.2) is 109 Å². The van der Waals surface area contributed by atoms with Crippen LogP contribution < -0.4 is 0 Å². The summed E-state index contributed by atoms with van der Waals surface area (Å²) in [5.41, 5.74) is 4.67. The molecule has 1 aliphatic rings. The van der Waals surface area contributed by atoms with Gasteiger partial charge in [-0.3, -0.25) is 0 Å². The molecular weight excluding hydrogens is 356 g/mol. The fraction of sp³-hybridized carbons (Fsp3) is 0.111. The molecule has 5 rings (SSSR count). The van der Waals surface area contributed by atoms with Crippen LogP contribution in [-0.4, -0.2) is 5.11 Å². The molecule has 0 bridgehead atoms. The Morgan fingerprint density at radius 3 is 1.59 bits per heavy atom. The van der Waals surface area contributed by atoms with Gasteiger partial charge in [0.2, 0.25) is 5.79 Å². The molecule has 1 aliphatic heterocycles. The van der Waals surface area contributed by atoms with Crippen LogP contribution in [0.2, 0.25) is 0 Å². The van der Waals surface area contributed by atoms with Crippen LogP contribution in [0, 0.1) is 6.92 Å². The van der Waals surface area contributed by atoms with Crippen LogP contribution in [-0.2, 0) is 16.1 Å². The first-order chi connectivity index (χ1) is 14.1. The molecule has 0 fully saturated rings. The van der Waals surface area contributed by atoms with Gasteiger partial charge in [-0.15, -0.1) is 0 Å². The summed E-state index contributed by atoms with van der Waals surface area (Å²) in [5, 5.41) is 11.9. The maximum Gasteiger partial charge on any atom is 0.221 e. The Morgan fingerprint density at radius 2 is 1.03 bits per heavy atom. The van der Waals surface area contributed by atoms with Crippen LogP contribution in [0.3, 0.4) is 0 Å². The number of hydrogen-bond acceptors (Lipinski definition) is 2. The SMILES string of the molecule is Cc1ccc(C2(O)OC(c3ccccc3)(c3ccccc3)c3ccccc32)cc1. The summed E-state index contributed by atoms with van der Waals surface area (Å²) < 4.78 is 6.76. The average Bonchev–Trinajstić information content (AvgIpc) is 3.07. The molecule has 1 atom stereocenters. The highest BCUT2D eigenvalue weighted by Gasteiger charge is 2.55. The molecule has 4 aromatic rings. The van der Waals surface area contributed by atoms with Gasteiger partial charge in [0.05, 0.1) is 0 Å². The second kappa shape index (κ2) is 6.70. The molecule has 0 spiro atoms. The van der Waals surface area contributed by atoms with Crippen LogP contribution in [0.1, 0.15) is 33.4 Å². The van der Waals surface area contributed by atoms with Crippen LogP contribution in [0.25, 0.3) is 0 Å². The smallest absolute Gasteiger partial charge is 0.221 e. The molecule has 0 aliphatic carbocycles. The van der Waals surface area contributed by atoms with Gasteiger partial charge in [-0.2, -0.15) is 0 Å². The fourth-order valence-electron chi connectivity index (χ4n) is 4.35. The zero-order chi connectivity index (χ0) is 19.9. The van der Waals surface area contributed by atoms with Crippen LogP contribution >= 0.6 is 0 Å². The number of rotatable bonds is 3. The normalized spacial score (nSPS) is 19.7. The molecule has 4 aromatic carbocycles. The number of aryl methyl sites for hydroxylation is 1. The number of benzene rings is 4. The predicted octanol–water partition coefficient (Wildman–Crippen LogP) is 5.51. The minimum atomic E-state index is -1.55. The predicted molar refractivity (Wildman–Crippen MR) is 114 cm³/mol. The summed E-state index contributed by atoms with van der Waals surface area (Å²) in [6, 6.07) is 36.1. The molecule has 29 heavy (non-hydrogen) atoms. The van der Waals surface area contributed by atoms with E-state index in [1.54, 1.807) is 0 Å². The fourth-order valence-corrected chi connectivity index (χ4v) is 4.35. The molecule has 0 saturated carbocycles. The summed E-state index contributed by atoms with van der Waals surface area (Å²) in [6.07, 6.45) is 0. The summed E-state index contributed by atoms with van der Waals surface area (Å²) in [5.74, 6) is -1.55. The molecule has 1 unspecified atom stereocenters. The third-order valence-corrected chi connectivity index (χ3v) is 5.78. The van der Waals surface area contributed by atoms with Crippen LogP contribution in [0.4, 0.5) is 0 Å². The van der Waals surface area contributed by atoms with E-state index in [4.69, 9.17) is 4.74 Å². The maximum atomic E-state index is 11.9. The van der Waals surface area contributed by atoms with E-state index in [9.17, 15) is 5.11 Å². The summed E-state index contributed by atoms with van der Waals surface area (Å²) in [6.45, 7) is 2.04. The van der Waals surface area contributed by atoms with Crippen molar-refractivity contribution in [1.82, 2.24) is 0 Å². The van der Waals surface area contributed by atoms with Gasteiger partial charge in [0, 0.05) is 16.7 Å². The highest BCUT2D eigenvalue weighted by molar-refractivity contribution is 5.57. The van der Waals surface area contributed by atoms with Crippen molar-refractivity contribution in [3.63, 3.8) is 0 Å². The van der Waals surface area contributed by atoms with Gasteiger partial charge < -0.3 is 9.84 Å². The largest absolute Gasteiger partial charge is 0.358 e. The number of ether oxygens (including phenoxy) is 1. The zero-order valence-electron chi connectivity index (χ0n) is 16.2. The lowest BCUT2D eigenvalue weighted by molar-refractivity contribution is -0.208. The Morgan fingerprint density at radius 1 is 0.552 bits per heavy atom. The molecule has 0 saturated heterocycles. The standard InChI is InChI=1S/C27H22O2/c1-20-16-18-23(19-17-20)27(28)25-15-9-8-14-24(25)26(29-27,21-10-4-2-5-11-21)22-12-6-3-7-13-22/h2-19,28H,1H3. The Hall–Kier alpha value is -3.20. The van der Waals surface area contributed by atoms with Crippen molar-refractivity contribution < 1.29 is 9.84 Å². The van der Waals surface area contributed by atoms with Crippen molar-refractivity contribution in [2.24, 2.45) is 0 Å². The second-order valence-electron chi connectivity index (χ2n) is 7.57. The first kappa shape index (κ1) is 17.9. The van der Waals surface area contributed by atoms with Crippen molar-refractivity contribution in [3.8, 4) is 0 Å². The van der Waals surface area contributed by atoms with Crippen molar-refractivity contribution in [1.29, 1.82) is 0 Å². The molecule has 0 radical (unpaired) electrons. The Balaban J connectivity index is 1.83. The molecule has 1 heterocycles. The van der Waals surface area contributed by atoms with E-state index in [1.165, 1.54) is 0 Å². The van der Waals surface area contributed by atoms with Gasteiger partial charge in [0.15, 0.2) is 0 Å². The van der Waals surface area contributed by atoms with Gasteiger partial charge in [0.1, 0.15) is 5.60 Å². The van der Waals surface area contributed by atoms with Crippen molar-refractivity contribution in [3.05, 3.63) is 143 Å². The van der Waals surface area contributed by atoms with E-state index in [0.29, 0.717) is 0 Å². The van der Waals surface area contributed by atoms with Crippen molar-refractivity contribution in [2.75, 3.05) is 0 Å². The van der Waals surface area contributed by atoms with Gasteiger partial charge in [-0.25, -0.2) is 0 Å². The first-order valence-electron chi connectivity index (χ1n) is 9.85. The first-order valence-corrected chi connectivity index (χ1v) is 9.85. The molecule has 0 amide bonds. The molecular formula is C27H22O2. The topological polar surface area (TPSA) is 29.5 Å². The number of aliphatic hydroxyl groups is 1. The van der Waals surface area contributed by atoms with E-state index in [0.717, 1.165) is 33.4 Å². The second-order valence-corrected chi connectivity index (χ2v) is 7.57. The maximum absolute atomic E-state index is 11.9. The lowest BCUT2D eigenvalue weighted by Crippen LogP contribution is -2.35. The molecule has 1 N–H and O–H groups in total. The number of hydrogen-bond donors (Lipinski definition) is 1. The van der Waals surface area contributed by atoms with E-state index in [1.807, 2.05) is 85.8 Å². The van der Waals surface area contributed by atoms with Gasteiger partial charge in [0.25, 0.3) is 0 Å². The molecule has 142 valence electrons. The summed E-state index contributed by atoms with van der Waals surface area (Å²) >= 11 is 0.